The molecule has 1 fully saturated rings. The molecule has 5 heterocycles. The van der Waals surface area contributed by atoms with Crippen molar-refractivity contribution in [2.75, 3.05) is 23.8 Å². The van der Waals surface area contributed by atoms with E-state index in [4.69, 9.17) is 16.3 Å². The Balaban J connectivity index is 1.36. The van der Waals surface area contributed by atoms with E-state index in [2.05, 4.69) is 25.4 Å². The molecular weight excluding hydrogens is 434 g/mol. The minimum atomic E-state index is -0.483. The maximum absolute atomic E-state index is 12.3. The predicted molar refractivity (Wildman–Crippen MR) is 127 cm³/mol. The molecule has 1 aliphatic carbocycles. The van der Waals surface area contributed by atoms with Crippen molar-refractivity contribution in [3.05, 3.63) is 48.0 Å². The van der Waals surface area contributed by atoms with Crippen molar-refractivity contribution in [2.24, 2.45) is 0 Å². The van der Waals surface area contributed by atoms with Crippen LogP contribution in [0, 0.1) is 6.92 Å². The number of likely N-dealkylation sites (N-methyl/N-ethyl adjacent to an activating group) is 1. The van der Waals surface area contributed by atoms with Crippen LogP contribution in [0.5, 0.6) is 0 Å². The lowest BCUT2D eigenvalue weighted by Gasteiger charge is -2.19. The van der Waals surface area contributed by atoms with Crippen molar-refractivity contribution in [3.63, 3.8) is 0 Å². The van der Waals surface area contributed by atoms with Gasteiger partial charge in [0, 0.05) is 36.5 Å². The summed E-state index contributed by atoms with van der Waals surface area (Å²) >= 11 is 0. The van der Waals surface area contributed by atoms with Crippen molar-refractivity contribution in [2.45, 2.75) is 31.9 Å². The lowest BCUT2D eigenvalue weighted by molar-refractivity contribution is -0.203. The van der Waals surface area contributed by atoms with Crippen LogP contribution in [-0.2, 0) is 21.8 Å². The number of carbonyl (C=O) groups is 1. The number of nitrogens with two attached hydrogens (primary N) is 2. The first-order chi connectivity index (χ1) is 16.3. The molecule has 1 saturated carbocycles. The quantitative estimate of drug-likeness (QED) is 0.421. The normalized spacial score (nSPS) is 16.5. The lowest BCUT2D eigenvalue weighted by atomic mass is 10.0. The van der Waals surface area contributed by atoms with Crippen molar-refractivity contribution in [3.8, 4) is 11.3 Å². The van der Waals surface area contributed by atoms with Gasteiger partial charge in [-0.3, -0.25) is 19.3 Å². The van der Waals surface area contributed by atoms with Gasteiger partial charge in [0.15, 0.2) is 5.82 Å². The Kier molecular flexibility index (Phi) is 4.27. The van der Waals surface area contributed by atoms with Gasteiger partial charge in [0.1, 0.15) is 23.8 Å². The van der Waals surface area contributed by atoms with Crippen LogP contribution >= 0.6 is 0 Å². The van der Waals surface area contributed by atoms with Gasteiger partial charge < -0.3 is 16.8 Å². The van der Waals surface area contributed by atoms with Gasteiger partial charge in [-0.1, -0.05) is 0 Å². The minimum absolute atomic E-state index is 0.125. The van der Waals surface area contributed by atoms with E-state index < -0.39 is 5.60 Å². The van der Waals surface area contributed by atoms with Gasteiger partial charge in [-0.15, -0.1) is 0 Å². The van der Waals surface area contributed by atoms with Crippen molar-refractivity contribution < 1.29 is 9.63 Å². The summed E-state index contributed by atoms with van der Waals surface area (Å²) in [7, 11) is 1.64. The van der Waals surface area contributed by atoms with Crippen LogP contribution in [0.15, 0.2) is 36.8 Å². The Hall–Kier alpha value is -4.25. The molecule has 0 bridgehead atoms. The van der Waals surface area contributed by atoms with Gasteiger partial charge in [0.25, 0.3) is 5.91 Å². The van der Waals surface area contributed by atoms with Crippen LogP contribution in [0.1, 0.15) is 24.1 Å². The summed E-state index contributed by atoms with van der Waals surface area (Å²) in [5, 5.41) is 10.8. The van der Waals surface area contributed by atoms with Crippen LogP contribution in [0.4, 0.5) is 23.1 Å². The molecule has 1 spiro atoms. The van der Waals surface area contributed by atoms with Crippen molar-refractivity contribution in [1.82, 2.24) is 29.8 Å². The lowest BCUT2D eigenvalue weighted by Crippen LogP contribution is -2.30. The summed E-state index contributed by atoms with van der Waals surface area (Å²) in [6, 6.07) is 5.74. The van der Waals surface area contributed by atoms with Gasteiger partial charge in [-0.05, 0) is 42.8 Å². The highest BCUT2D eigenvalue weighted by atomic mass is 16.7. The molecule has 6 rings (SSSR count). The number of nitrogens with one attached hydrogen (secondary N) is 1. The highest BCUT2D eigenvalue weighted by Crippen LogP contribution is 2.51. The maximum atomic E-state index is 12.3. The second-order valence-electron chi connectivity index (χ2n) is 8.76. The first-order valence-corrected chi connectivity index (χ1v) is 10.9. The molecule has 4 aromatic heterocycles. The molecule has 5 N–H and O–H groups in total. The third-order valence-corrected chi connectivity index (χ3v) is 6.43. The summed E-state index contributed by atoms with van der Waals surface area (Å²) in [6.07, 6.45) is 6.71. The molecule has 0 saturated heterocycles. The Labute approximate surface area is 194 Å². The third kappa shape index (κ3) is 3.20. The molecule has 172 valence electrons. The second kappa shape index (κ2) is 7.12. The van der Waals surface area contributed by atoms with Gasteiger partial charge in [0.2, 0.25) is 0 Å². The first-order valence-electron chi connectivity index (χ1n) is 10.9. The highest BCUT2D eigenvalue weighted by molar-refractivity contribution is 5.95. The number of anilines is 4. The molecule has 0 aromatic carbocycles. The van der Waals surface area contributed by atoms with E-state index in [0.717, 1.165) is 40.4 Å². The number of carbonyl (C=O) groups excluding carboxylic acids is 1. The van der Waals surface area contributed by atoms with E-state index in [-0.39, 0.29) is 12.5 Å². The first kappa shape index (κ1) is 20.4. The molecule has 1 amide bonds. The maximum Gasteiger partial charge on any atom is 0.267 e. The Bertz CT molecular complexity index is 1480. The summed E-state index contributed by atoms with van der Waals surface area (Å²) < 4.78 is 1.71. The Morgan fingerprint density at radius 3 is 2.74 bits per heavy atom. The van der Waals surface area contributed by atoms with Crippen LogP contribution in [0.2, 0.25) is 0 Å². The monoisotopic (exact) mass is 457 g/mol. The van der Waals surface area contributed by atoms with Gasteiger partial charge in [0.05, 0.1) is 23.3 Å². The SMILES string of the molecule is Cc1c(N)cncc1-c1cc2cc(Nc3cc4n(n3)CC(=O)N(C)OC43CC3)ncc2c(N)n1. The van der Waals surface area contributed by atoms with E-state index in [0.29, 0.717) is 28.8 Å². The number of hydrogen-bond acceptors (Lipinski definition) is 9. The van der Waals surface area contributed by atoms with E-state index in [1.54, 1.807) is 30.3 Å². The largest absolute Gasteiger partial charge is 0.397 e. The zero-order valence-corrected chi connectivity index (χ0v) is 18.7. The number of aromatic nitrogens is 5. The average molecular weight is 457 g/mol. The molecule has 34 heavy (non-hydrogen) atoms. The number of rotatable bonds is 3. The smallest absolute Gasteiger partial charge is 0.267 e. The Morgan fingerprint density at radius 2 is 1.94 bits per heavy atom. The van der Waals surface area contributed by atoms with Crippen LogP contribution in [0.25, 0.3) is 22.0 Å². The number of nitrogens with zero attached hydrogens (tertiary/aromatic N) is 6. The van der Waals surface area contributed by atoms with Gasteiger partial charge in [-0.2, -0.15) is 5.10 Å². The highest BCUT2D eigenvalue weighted by Gasteiger charge is 2.52. The fourth-order valence-electron chi connectivity index (χ4n) is 4.32. The summed E-state index contributed by atoms with van der Waals surface area (Å²) in [5.74, 6) is 1.41. The van der Waals surface area contributed by atoms with Crippen molar-refractivity contribution >= 4 is 39.8 Å². The molecule has 0 unspecified atom stereocenters. The average Bonchev–Trinajstić information content (AvgIpc) is 3.48. The zero-order chi connectivity index (χ0) is 23.6. The molecule has 4 aromatic rings. The number of hydrogen-bond donors (Lipinski definition) is 3. The number of amides is 1. The predicted octanol–water partition coefficient (Wildman–Crippen LogP) is 2.50. The Morgan fingerprint density at radius 1 is 1.12 bits per heavy atom. The number of fused-ring (bicyclic) bond motifs is 3. The van der Waals surface area contributed by atoms with E-state index in [9.17, 15) is 4.79 Å². The number of hydroxylamine groups is 2. The third-order valence-electron chi connectivity index (χ3n) is 6.43. The molecule has 11 heteroatoms. The van der Waals surface area contributed by atoms with Crippen LogP contribution < -0.4 is 16.8 Å². The summed E-state index contributed by atoms with van der Waals surface area (Å²) in [4.78, 5) is 31.4. The number of nitrogen functional groups attached to an aromatic ring is 2. The van der Waals surface area contributed by atoms with E-state index in [1.165, 1.54) is 5.06 Å². The second-order valence-corrected chi connectivity index (χ2v) is 8.76. The number of pyridine rings is 3. The fraction of sp³-hybridized carbons (Fsp3) is 0.261. The van der Waals surface area contributed by atoms with Crippen molar-refractivity contribution in [1.29, 1.82) is 0 Å². The standard InChI is InChI=1S/C23H23N9O2/c1-12-14(8-26-10-16(12)24)17-5-13-6-19(27-9-15(13)22(25)28-17)29-20-7-18-23(3-4-23)34-31(2)21(33)11-32(18)30-20/h5-10H,3-4,11,24H2,1-2H3,(H2,25,28)(H,27,29,30). The molecule has 0 radical (unpaired) electrons. The van der Waals surface area contributed by atoms with Gasteiger partial charge in [-0.25, -0.2) is 15.0 Å². The zero-order valence-electron chi connectivity index (χ0n) is 18.7. The molecule has 11 nitrogen and oxygen atoms in total. The molecular formula is C23H23N9O2. The summed E-state index contributed by atoms with van der Waals surface area (Å²) in [6.45, 7) is 2.05. The van der Waals surface area contributed by atoms with Crippen LogP contribution in [0.3, 0.4) is 0 Å². The summed E-state index contributed by atoms with van der Waals surface area (Å²) in [5.41, 5.74) is 15.7. The molecule has 0 atom stereocenters. The van der Waals surface area contributed by atoms with Crippen LogP contribution in [-0.4, -0.2) is 42.8 Å². The molecule has 1 aliphatic heterocycles. The van der Waals surface area contributed by atoms with Gasteiger partial charge >= 0.3 is 0 Å². The fourth-order valence-corrected chi connectivity index (χ4v) is 4.32. The minimum Gasteiger partial charge on any atom is -0.397 e. The van der Waals surface area contributed by atoms with E-state index >= 15 is 0 Å². The van der Waals surface area contributed by atoms with E-state index in [1.807, 2.05) is 25.1 Å². The topological polar surface area (TPSA) is 150 Å². The molecule has 2 aliphatic rings.